The minimum atomic E-state index is -1.62. The number of nitrogens with one attached hydrogen (secondary N) is 6. The van der Waals surface area contributed by atoms with Crippen molar-refractivity contribution in [3.63, 3.8) is 0 Å². The van der Waals surface area contributed by atoms with Crippen LogP contribution < -0.4 is 37.6 Å². The molecule has 90 heavy (non-hydrogen) atoms. The number of fused-ring (bicyclic) bond motifs is 1. The normalized spacial score (nSPS) is 23.7. The van der Waals surface area contributed by atoms with Crippen LogP contribution in [0.3, 0.4) is 0 Å². The van der Waals surface area contributed by atoms with Crippen LogP contribution in [0, 0.1) is 59.2 Å². The van der Waals surface area contributed by atoms with Gasteiger partial charge in [0.05, 0.1) is 49.3 Å². The zero-order valence-electron chi connectivity index (χ0n) is 54.6. The quantitative estimate of drug-likeness (QED) is 0.0400. The van der Waals surface area contributed by atoms with Crippen molar-refractivity contribution in [2.45, 2.75) is 221 Å². The van der Waals surface area contributed by atoms with Crippen molar-refractivity contribution in [3.05, 3.63) is 35.2 Å². The van der Waals surface area contributed by atoms with Gasteiger partial charge in [-0.05, 0) is 97.9 Å². The number of carbonyl (C=O) groups excluding carboxylic acids is 12. The van der Waals surface area contributed by atoms with Gasteiger partial charge in [0.1, 0.15) is 23.7 Å². The monoisotopic (exact) mass is 1280 g/mol. The predicted molar refractivity (Wildman–Crippen MR) is 337 cm³/mol. The maximum absolute atomic E-state index is 14.5. The summed E-state index contributed by atoms with van der Waals surface area (Å²) in [5, 5.41) is 40.6. The highest BCUT2D eigenvalue weighted by molar-refractivity contribution is 7.17. The minimum absolute atomic E-state index is 0.0471. The number of hydrogen-bond acceptors (Lipinski definition) is 16. The van der Waals surface area contributed by atoms with Crippen molar-refractivity contribution in [3.8, 4) is 0 Å². The highest BCUT2D eigenvalue weighted by Gasteiger charge is 2.62. The third kappa shape index (κ3) is 20.5. The van der Waals surface area contributed by atoms with E-state index in [0.717, 1.165) is 15.6 Å². The SMILES string of the molecule is CC[C@H](Cc1csc2ccccc12)C(=O)N[C@H](C(=O)C[C@@H](CO)C(=O)N[C@H](CCC(N)=O)C(=O)C[C@@H](C(=O)N[C@H](C(=O)C[C@@H](CO)C(=O)N[C@H]1C(=O)C[C@@H](C)C(=O)N[C@@]2(C[C@H]2CC(C)F)C(=O)N[C@@H]([C@@H](C)CC)C(=O)O[C@H]1C)[C@@H](C)CC)[C@@H](C)CC)[C@@H](C)CC. The average Bonchev–Trinajstić information content (AvgIpc) is 1.60. The molecule has 2 aromatic rings. The molecule has 1 aromatic carbocycles. The summed E-state index contributed by atoms with van der Waals surface area (Å²) in [6, 6.07) is 1.24. The van der Waals surface area contributed by atoms with Crippen LogP contribution >= 0.6 is 11.3 Å². The van der Waals surface area contributed by atoms with Crippen LogP contribution in [0.15, 0.2) is 29.6 Å². The van der Waals surface area contributed by atoms with Crippen molar-refractivity contribution < 1.29 is 76.9 Å². The number of halogens is 1. The number of cyclic esters (lactones) is 1. The van der Waals surface area contributed by atoms with Crippen molar-refractivity contribution in [1.29, 1.82) is 0 Å². The Morgan fingerprint density at radius 3 is 1.84 bits per heavy atom. The van der Waals surface area contributed by atoms with Crippen LogP contribution in [0.5, 0.6) is 0 Å². The number of alkyl halides is 1. The number of benzene rings is 1. The first-order valence-electron chi connectivity index (χ1n) is 32.2. The van der Waals surface area contributed by atoms with E-state index in [2.05, 4.69) is 31.9 Å². The number of ketones is 4. The van der Waals surface area contributed by atoms with Crippen molar-refractivity contribution in [2.24, 2.45) is 64.9 Å². The fraction of sp³-hybridized carbons (Fsp3) is 0.697. The van der Waals surface area contributed by atoms with Crippen molar-refractivity contribution in [1.82, 2.24) is 31.9 Å². The van der Waals surface area contributed by atoms with Crippen molar-refractivity contribution >= 4 is 91.9 Å². The zero-order chi connectivity index (χ0) is 67.5. The molecule has 2 fully saturated rings. The Morgan fingerprint density at radius 1 is 0.733 bits per heavy atom. The number of aliphatic hydroxyl groups excluding tert-OH is 2. The first kappa shape index (κ1) is 75.9. The maximum Gasteiger partial charge on any atom is 0.329 e. The summed E-state index contributed by atoms with van der Waals surface area (Å²) in [6.45, 7) is 18.3. The minimum Gasteiger partial charge on any atom is -0.458 e. The van der Waals surface area contributed by atoms with Gasteiger partial charge < -0.3 is 52.6 Å². The molecule has 1 unspecified atom stereocenters. The fourth-order valence-electron chi connectivity index (χ4n) is 11.6. The van der Waals surface area contributed by atoms with Gasteiger partial charge in [0.2, 0.25) is 41.4 Å². The molecule has 24 heteroatoms. The predicted octanol–water partition coefficient (Wildman–Crippen LogP) is 5.22. The largest absolute Gasteiger partial charge is 0.458 e. The number of carbonyl (C=O) groups is 12. The topological polar surface area (TPSA) is 353 Å². The Balaban J connectivity index is 1.52. The molecule has 1 aromatic heterocycles. The van der Waals surface area contributed by atoms with Gasteiger partial charge in [0.15, 0.2) is 23.1 Å². The summed E-state index contributed by atoms with van der Waals surface area (Å²) >= 11 is 1.58. The van der Waals surface area contributed by atoms with E-state index in [0.29, 0.717) is 38.5 Å². The van der Waals surface area contributed by atoms with Crippen LogP contribution in [0.1, 0.15) is 172 Å². The molecule has 1 aliphatic heterocycles. The molecule has 1 aliphatic carbocycles. The van der Waals surface area contributed by atoms with Gasteiger partial charge in [-0.2, -0.15) is 0 Å². The Morgan fingerprint density at radius 2 is 1.30 bits per heavy atom. The van der Waals surface area contributed by atoms with Gasteiger partial charge in [0.25, 0.3) is 0 Å². The molecule has 0 radical (unpaired) electrons. The number of ether oxygens (including phenoxy) is 1. The van der Waals surface area contributed by atoms with Crippen molar-refractivity contribution in [2.75, 3.05) is 13.2 Å². The van der Waals surface area contributed by atoms with Gasteiger partial charge in [-0.15, -0.1) is 11.3 Å². The van der Waals surface area contributed by atoms with E-state index < -0.39 is 205 Å². The fourth-order valence-corrected chi connectivity index (χ4v) is 12.6. The van der Waals surface area contributed by atoms with Gasteiger partial charge in [0, 0.05) is 54.6 Å². The smallest absolute Gasteiger partial charge is 0.329 e. The molecular weight excluding hydrogens is 1180 g/mol. The second kappa shape index (κ2) is 35.3. The molecular formula is C66H100FN7O15S. The van der Waals surface area contributed by atoms with Crippen LogP contribution in [0.25, 0.3) is 10.1 Å². The average molecular weight is 1280 g/mol. The third-order valence-electron chi connectivity index (χ3n) is 18.7. The number of amides is 7. The number of Topliss-reactive ketones (excluding diaryl/α,β-unsaturated/α-hetero) is 4. The van der Waals surface area contributed by atoms with E-state index in [1.807, 2.05) is 43.5 Å². The molecule has 7 amide bonds. The lowest BCUT2D eigenvalue weighted by Crippen LogP contribution is -2.57. The molecule has 10 N–H and O–H groups in total. The van der Waals surface area contributed by atoms with Crippen LogP contribution in [0.4, 0.5) is 4.39 Å². The van der Waals surface area contributed by atoms with Gasteiger partial charge in [-0.3, -0.25) is 52.7 Å². The van der Waals surface area contributed by atoms with E-state index in [9.17, 15) is 72.1 Å². The second-order valence-electron chi connectivity index (χ2n) is 25.6. The number of primary amides is 1. The summed E-state index contributed by atoms with van der Waals surface area (Å²) in [4.78, 5) is 168. The van der Waals surface area contributed by atoms with Crippen LogP contribution in [-0.4, -0.2) is 142 Å². The molecule has 502 valence electrons. The van der Waals surface area contributed by atoms with E-state index in [1.54, 1.807) is 59.8 Å². The Hall–Kier alpha value is -6.53. The first-order valence-corrected chi connectivity index (χ1v) is 33.1. The lowest BCUT2D eigenvalue weighted by atomic mass is 9.83. The van der Waals surface area contributed by atoms with E-state index in [4.69, 9.17) is 10.5 Å². The molecule has 1 spiro atoms. The second-order valence-corrected chi connectivity index (χ2v) is 26.5. The zero-order valence-corrected chi connectivity index (χ0v) is 55.4. The number of esters is 1. The molecule has 4 rings (SSSR count). The van der Waals surface area contributed by atoms with Crippen LogP contribution in [0.2, 0.25) is 0 Å². The molecule has 2 aliphatic rings. The summed E-state index contributed by atoms with van der Waals surface area (Å²) in [6.07, 6.45) is -3.07. The standard InChI is InChI=1S/C66H100FN7O15S/c1-13-34(6)47(29-49(77)48(22-23-54(68)81)69-61(84)42(31-75)27-51(79)55(35(7)14-2)70-60(83)41(17-5)26-44-33-90-53-21-19-18-20-46(44)53)63(86)71-56(36(8)15-3)52(80)28-43(32-76)62(85)72-58-40(12)89-64(87)57(37(9)16-4)73-65(88)66(30-45(66)25-39(11)67)74-59(82)38(10)24-50(58)78/h18-21,33-43,45,47-48,55-58,75-76H,13-17,22-32H2,1-12H3,(H2,68,81)(H,69,84)(H,70,83)(H,71,86)(H,72,85)(H,73,88)(H,74,82)/t34-,35-,36-,37-,38+,39?,40-,41+,42-,43-,45+,47+,48+,55-,56-,57-,58+,66+/m0/s1. The Kier molecular flexibility index (Phi) is 29.8. The van der Waals surface area contributed by atoms with Gasteiger partial charge in [-0.25, -0.2) is 9.18 Å². The highest BCUT2D eigenvalue weighted by Crippen LogP contribution is 2.48. The van der Waals surface area contributed by atoms with Gasteiger partial charge in [-0.1, -0.05) is 113 Å². The molecule has 0 bridgehead atoms. The maximum atomic E-state index is 14.5. The highest BCUT2D eigenvalue weighted by atomic mass is 32.1. The Labute approximate surface area is 532 Å². The molecule has 18 atom stereocenters. The number of nitrogens with two attached hydrogens (primary N) is 1. The van der Waals surface area contributed by atoms with Gasteiger partial charge >= 0.3 is 5.97 Å². The summed E-state index contributed by atoms with van der Waals surface area (Å²) in [5.74, 6) is -17.0. The summed E-state index contributed by atoms with van der Waals surface area (Å²) in [7, 11) is 0. The molecule has 1 saturated carbocycles. The van der Waals surface area contributed by atoms with E-state index in [-0.39, 0.29) is 37.5 Å². The number of rotatable bonds is 35. The number of thiophene rings is 1. The number of hydrogen-bond donors (Lipinski definition) is 9. The Bertz CT molecular complexity index is 2870. The van der Waals surface area contributed by atoms with E-state index >= 15 is 0 Å². The lowest BCUT2D eigenvalue weighted by Gasteiger charge is -2.30. The van der Waals surface area contributed by atoms with Crippen LogP contribution in [-0.2, 0) is 68.7 Å². The number of aliphatic hydroxyl groups is 2. The van der Waals surface area contributed by atoms with E-state index in [1.165, 1.54) is 20.8 Å². The molecule has 2 heterocycles. The first-order chi connectivity index (χ1) is 42.4. The third-order valence-corrected chi connectivity index (χ3v) is 19.8. The molecule has 1 saturated heterocycles. The summed E-state index contributed by atoms with van der Waals surface area (Å²) in [5.41, 5.74) is 4.98. The molecule has 22 nitrogen and oxygen atoms in total. The lowest BCUT2D eigenvalue weighted by molar-refractivity contribution is -0.157. The summed E-state index contributed by atoms with van der Waals surface area (Å²) < 4.78 is 21.1.